The van der Waals surface area contributed by atoms with Crippen molar-refractivity contribution in [2.24, 2.45) is 0 Å². The lowest BCUT2D eigenvalue weighted by atomic mass is 10.1. The minimum Gasteiger partial charge on any atom is -0.484 e. The molecule has 0 bridgehead atoms. The summed E-state index contributed by atoms with van der Waals surface area (Å²) in [4.78, 5) is 16.6. The van der Waals surface area contributed by atoms with Crippen LogP contribution in [0.25, 0.3) is 0 Å². The highest BCUT2D eigenvalue weighted by Gasteiger charge is 2.34. The molecule has 0 saturated carbocycles. The number of rotatable bonds is 7. The third-order valence-electron chi connectivity index (χ3n) is 4.93. The first-order valence-electron chi connectivity index (χ1n) is 9.38. The molecule has 1 atom stereocenters. The first kappa shape index (κ1) is 21.5. The predicted molar refractivity (Wildman–Crippen MR) is 115 cm³/mol. The standard InChI is InChI=1S/C21H25ClN2O4S/c1-23(2)18-8-6-16(7-9-18)13-24(19-10-11-29(26,27)15-19)21(25)14-28-20-5-3-4-17(22)12-20/h3-9,12,19H,10-11,13-15H2,1-2H3. The van der Waals surface area contributed by atoms with Gasteiger partial charge < -0.3 is 14.5 Å². The largest absolute Gasteiger partial charge is 0.484 e. The van der Waals surface area contributed by atoms with Crippen molar-refractivity contribution in [2.75, 3.05) is 37.1 Å². The lowest BCUT2D eigenvalue weighted by Crippen LogP contribution is -2.43. The third-order valence-corrected chi connectivity index (χ3v) is 6.92. The second-order valence-electron chi connectivity index (χ2n) is 7.39. The lowest BCUT2D eigenvalue weighted by molar-refractivity contribution is -0.136. The molecule has 2 aromatic rings. The Hall–Kier alpha value is -2.25. The molecule has 1 fully saturated rings. The summed E-state index contributed by atoms with van der Waals surface area (Å²) in [6.07, 6.45) is 0.445. The highest BCUT2D eigenvalue weighted by atomic mass is 35.5. The minimum absolute atomic E-state index is 0.00825. The number of hydrogen-bond donors (Lipinski definition) is 0. The van der Waals surface area contributed by atoms with Crippen LogP contribution in [0.5, 0.6) is 5.75 Å². The van der Waals surface area contributed by atoms with Crippen LogP contribution in [-0.2, 0) is 21.2 Å². The number of benzene rings is 2. The molecule has 1 amide bonds. The van der Waals surface area contributed by atoms with Crippen molar-refractivity contribution < 1.29 is 17.9 Å². The van der Waals surface area contributed by atoms with Gasteiger partial charge in [0.05, 0.1) is 11.5 Å². The fourth-order valence-corrected chi connectivity index (χ4v) is 5.23. The van der Waals surface area contributed by atoms with E-state index in [9.17, 15) is 13.2 Å². The van der Waals surface area contributed by atoms with E-state index in [0.29, 0.717) is 23.7 Å². The Morgan fingerprint density at radius 2 is 1.90 bits per heavy atom. The summed E-state index contributed by atoms with van der Waals surface area (Å²) in [6.45, 7) is 0.165. The number of carbonyl (C=O) groups excluding carboxylic acids is 1. The van der Waals surface area contributed by atoms with Gasteiger partial charge in [-0.25, -0.2) is 8.42 Å². The van der Waals surface area contributed by atoms with Crippen LogP contribution < -0.4 is 9.64 Å². The van der Waals surface area contributed by atoms with Crippen molar-refractivity contribution in [3.05, 3.63) is 59.1 Å². The SMILES string of the molecule is CN(C)c1ccc(CN(C(=O)COc2cccc(Cl)c2)C2CCS(=O)(=O)C2)cc1. The number of hydrogen-bond acceptors (Lipinski definition) is 5. The first-order chi connectivity index (χ1) is 13.7. The maximum Gasteiger partial charge on any atom is 0.261 e. The molecule has 6 nitrogen and oxygen atoms in total. The summed E-state index contributed by atoms with van der Waals surface area (Å²) in [7, 11) is 0.804. The summed E-state index contributed by atoms with van der Waals surface area (Å²) in [6, 6.07) is 14.4. The van der Waals surface area contributed by atoms with Gasteiger partial charge in [-0.15, -0.1) is 0 Å². The van der Waals surface area contributed by atoms with Crippen molar-refractivity contribution >= 4 is 33.0 Å². The molecule has 3 rings (SSSR count). The van der Waals surface area contributed by atoms with Crippen molar-refractivity contribution in [3.63, 3.8) is 0 Å². The molecule has 0 N–H and O–H groups in total. The quantitative estimate of drug-likeness (QED) is 0.667. The van der Waals surface area contributed by atoms with E-state index in [1.54, 1.807) is 29.2 Å². The van der Waals surface area contributed by atoms with E-state index in [-0.39, 0.29) is 30.1 Å². The number of sulfone groups is 1. The second-order valence-corrected chi connectivity index (χ2v) is 10.1. The van der Waals surface area contributed by atoms with E-state index in [1.165, 1.54) is 0 Å². The Kier molecular flexibility index (Phi) is 6.70. The third kappa shape index (κ3) is 5.87. The number of halogens is 1. The van der Waals surface area contributed by atoms with Crippen LogP contribution in [0.15, 0.2) is 48.5 Å². The van der Waals surface area contributed by atoms with Gasteiger partial charge >= 0.3 is 0 Å². The number of anilines is 1. The van der Waals surface area contributed by atoms with Crippen LogP contribution in [0.2, 0.25) is 5.02 Å². The number of carbonyl (C=O) groups is 1. The second kappa shape index (κ2) is 9.05. The first-order valence-corrected chi connectivity index (χ1v) is 11.6. The minimum atomic E-state index is -3.12. The molecule has 2 aromatic carbocycles. The monoisotopic (exact) mass is 436 g/mol. The van der Waals surface area contributed by atoms with E-state index in [0.717, 1.165) is 11.3 Å². The zero-order chi connectivity index (χ0) is 21.0. The van der Waals surface area contributed by atoms with Crippen LogP contribution in [0.4, 0.5) is 5.69 Å². The van der Waals surface area contributed by atoms with Gasteiger partial charge in [-0.2, -0.15) is 0 Å². The summed E-state index contributed by atoms with van der Waals surface area (Å²) in [5, 5.41) is 0.523. The maximum atomic E-state index is 12.9. The Morgan fingerprint density at radius 1 is 1.17 bits per heavy atom. The van der Waals surface area contributed by atoms with Crippen LogP contribution in [0.3, 0.4) is 0 Å². The smallest absolute Gasteiger partial charge is 0.261 e. The van der Waals surface area contributed by atoms with Gasteiger partial charge in [0.15, 0.2) is 16.4 Å². The summed E-state index contributed by atoms with van der Waals surface area (Å²) in [5.41, 5.74) is 2.00. The molecular formula is C21H25ClN2O4S. The Bertz CT molecular complexity index is 961. The zero-order valence-electron chi connectivity index (χ0n) is 16.5. The molecule has 8 heteroatoms. The van der Waals surface area contributed by atoms with Crippen LogP contribution >= 0.6 is 11.6 Å². The molecule has 1 unspecified atom stereocenters. The highest BCUT2D eigenvalue weighted by Crippen LogP contribution is 2.22. The van der Waals surface area contributed by atoms with E-state index < -0.39 is 9.84 Å². The fourth-order valence-electron chi connectivity index (χ4n) is 3.32. The average molecular weight is 437 g/mol. The summed E-state index contributed by atoms with van der Waals surface area (Å²) < 4.78 is 29.5. The van der Waals surface area contributed by atoms with Gasteiger partial charge in [0.1, 0.15) is 5.75 Å². The van der Waals surface area contributed by atoms with Gasteiger partial charge in [-0.3, -0.25) is 4.79 Å². The van der Waals surface area contributed by atoms with Crippen molar-refractivity contribution in [3.8, 4) is 5.75 Å². The van der Waals surface area contributed by atoms with Gasteiger partial charge in [0, 0.05) is 37.4 Å². The topological polar surface area (TPSA) is 66.9 Å². The molecule has 156 valence electrons. The Morgan fingerprint density at radius 3 is 2.48 bits per heavy atom. The lowest BCUT2D eigenvalue weighted by Gasteiger charge is -2.28. The fraction of sp³-hybridized carbons (Fsp3) is 0.381. The Labute approximate surface area is 176 Å². The van der Waals surface area contributed by atoms with Gasteiger partial charge in [-0.05, 0) is 42.3 Å². The van der Waals surface area contributed by atoms with Gasteiger partial charge in [-0.1, -0.05) is 29.8 Å². The molecule has 1 heterocycles. The van der Waals surface area contributed by atoms with Crippen LogP contribution in [0, 0.1) is 0 Å². The normalized spacial score (nSPS) is 17.7. The van der Waals surface area contributed by atoms with Crippen molar-refractivity contribution in [2.45, 2.75) is 19.0 Å². The zero-order valence-corrected chi connectivity index (χ0v) is 18.1. The van der Waals surface area contributed by atoms with Crippen molar-refractivity contribution in [1.29, 1.82) is 0 Å². The maximum absolute atomic E-state index is 12.9. The molecule has 0 spiro atoms. The molecule has 29 heavy (non-hydrogen) atoms. The molecular weight excluding hydrogens is 412 g/mol. The Balaban J connectivity index is 1.74. The molecule has 0 aromatic heterocycles. The molecule has 1 aliphatic rings. The van der Waals surface area contributed by atoms with Crippen LogP contribution in [-0.4, -0.2) is 57.5 Å². The summed E-state index contributed by atoms with van der Waals surface area (Å²) in [5.74, 6) is 0.353. The van der Waals surface area contributed by atoms with Crippen molar-refractivity contribution in [1.82, 2.24) is 4.90 Å². The predicted octanol–water partition coefficient (Wildman–Crippen LogP) is 3.00. The molecule has 1 saturated heterocycles. The van der Waals surface area contributed by atoms with E-state index >= 15 is 0 Å². The highest BCUT2D eigenvalue weighted by molar-refractivity contribution is 7.91. The summed E-state index contributed by atoms with van der Waals surface area (Å²) >= 11 is 5.95. The molecule has 0 radical (unpaired) electrons. The van der Waals surface area contributed by atoms with Crippen LogP contribution in [0.1, 0.15) is 12.0 Å². The number of nitrogens with zero attached hydrogens (tertiary/aromatic N) is 2. The van der Waals surface area contributed by atoms with E-state index in [2.05, 4.69) is 0 Å². The number of ether oxygens (including phenoxy) is 1. The molecule has 1 aliphatic heterocycles. The van der Waals surface area contributed by atoms with Gasteiger partial charge in [0.2, 0.25) is 0 Å². The average Bonchev–Trinajstić information content (AvgIpc) is 3.04. The molecule has 0 aliphatic carbocycles. The number of amides is 1. The van der Waals surface area contributed by atoms with Gasteiger partial charge in [0.25, 0.3) is 5.91 Å². The van der Waals surface area contributed by atoms with E-state index in [4.69, 9.17) is 16.3 Å². The van der Waals surface area contributed by atoms with E-state index in [1.807, 2.05) is 43.3 Å².